The van der Waals surface area contributed by atoms with Gasteiger partial charge in [0.15, 0.2) is 11.5 Å². The van der Waals surface area contributed by atoms with E-state index in [0.29, 0.717) is 23.0 Å². The fourth-order valence-corrected chi connectivity index (χ4v) is 3.28. The first kappa shape index (κ1) is 16.8. The number of aromatic nitrogens is 2. The highest BCUT2D eigenvalue weighted by atomic mass is 32.1. The van der Waals surface area contributed by atoms with Crippen molar-refractivity contribution >= 4 is 28.9 Å². The summed E-state index contributed by atoms with van der Waals surface area (Å²) in [6.07, 6.45) is 1.76. The van der Waals surface area contributed by atoms with Crippen LogP contribution < -0.4 is 20.5 Å². The Kier molecular flexibility index (Phi) is 4.85. The van der Waals surface area contributed by atoms with Crippen molar-refractivity contribution in [3.8, 4) is 22.1 Å². The molecule has 0 spiro atoms. The second-order valence-electron chi connectivity index (χ2n) is 5.09. The summed E-state index contributed by atoms with van der Waals surface area (Å²) in [6, 6.07) is 9.13. The minimum absolute atomic E-state index is 0.427. The summed E-state index contributed by atoms with van der Waals surface area (Å²) in [7, 11) is 3.15. The maximum absolute atomic E-state index is 11.9. The van der Waals surface area contributed by atoms with E-state index >= 15 is 0 Å². The lowest BCUT2D eigenvalue weighted by Gasteiger charge is -2.11. The summed E-state index contributed by atoms with van der Waals surface area (Å²) in [6.45, 7) is 3.79. The Bertz CT molecular complexity index is 962. The molecule has 2 heterocycles. The van der Waals surface area contributed by atoms with E-state index in [9.17, 15) is 4.79 Å². The van der Waals surface area contributed by atoms with E-state index in [0.717, 1.165) is 16.1 Å². The van der Waals surface area contributed by atoms with Gasteiger partial charge in [0.2, 0.25) is 0 Å². The number of hydrogen-bond acceptors (Lipinski definition) is 6. The van der Waals surface area contributed by atoms with Crippen LogP contribution in [0.3, 0.4) is 0 Å². The molecule has 3 rings (SSSR count). The van der Waals surface area contributed by atoms with Crippen LogP contribution in [-0.4, -0.2) is 24.2 Å². The number of H-pyrrole nitrogens is 1. The van der Waals surface area contributed by atoms with Gasteiger partial charge in [0, 0.05) is 17.8 Å². The first-order chi connectivity index (χ1) is 12.1. The SMILES string of the molecule is C=Cc1ccsc1-c1cc(Nc2ccc(OC)c(OC)c2)nc(=O)[nH]1. The zero-order valence-electron chi connectivity index (χ0n) is 13.8. The van der Waals surface area contributed by atoms with E-state index in [4.69, 9.17) is 9.47 Å². The Morgan fingerprint density at radius 3 is 2.72 bits per heavy atom. The minimum atomic E-state index is -0.427. The van der Waals surface area contributed by atoms with Crippen LogP contribution in [0, 0.1) is 0 Å². The molecule has 3 aromatic rings. The van der Waals surface area contributed by atoms with Crippen molar-refractivity contribution < 1.29 is 9.47 Å². The summed E-state index contributed by atoms with van der Waals surface area (Å²) >= 11 is 1.53. The lowest BCUT2D eigenvalue weighted by atomic mass is 10.2. The third kappa shape index (κ3) is 3.56. The van der Waals surface area contributed by atoms with Crippen LogP contribution >= 0.6 is 11.3 Å². The summed E-state index contributed by atoms with van der Waals surface area (Å²) in [5.41, 5.74) is 1.96. The van der Waals surface area contributed by atoms with Crippen LogP contribution in [0.25, 0.3) is 16.6 Å². The van der Waals surface area contributed by atoms with E-state index in [2.05, 4.69) is 21.9 Å². The van der Waals surface area contributed by atoms with Crippen LogP contribution in [0.5, 0.6) is 11.5 Å². The summed E-state index contributed by atoms with van der Waals surface area (Å²) in [5, 5.41) is 5.07. The van der Waals surface area contributed by atoms with Crippen molar-refractivity contribution in [2.75, 3.05) is 19.5 Å². The van der Waals surface area contributed by atoms with Crippen molar-refractivity contribution in [3.05, 3.63) is 58.3 Å². The number of nitrogens with zero attached hydrogens (tertiary/aromatic N) is 1. The zero-order valence-corrected chi connectivity index (χ0v) is 14.6. The molecule has 0 aliphatic heterocycles. The Hall–Kier alpha value is -3.06. The van der Waals surface area contributed by atoms with E-state index in [1.165, 1.54) is 11.3 Å². The second-order valence-corrected chi connectivity index (χ2v) is 6.01. The number of thiophene rings is 1. The number of aromatic amines is 1. The molecule has 6 nitrogen and oxygen atoms in total. The van der Waals surface area contributed by atoms with Gasteiger partial charge in [-0.15, -0.1) is 11.3 Å². The molecule has 2 N–H and O–H groups in total. The van der Waals surface area contributed by atoms with Gasteiger partial charge >= 0.3 is 5.69 Å². The fourth-order valence-electron chi connectivity index (χ4n) is 2.40. The number of ether oxygens (including phenoxy) is 2. The Labute approximate surface area is 148 Å². The van der Waals surface area contributed by atoms with Gasteiger partial charge in [0.1, 0.15) is 5.82 Å². The van der Waals surface area contributed by atoms with Gasteiger partial charge in [-0.25, -0.2) is 4.79 Å². The Morgan fingerprint density at radius 2 is 2.00 bits per heavy atom. The number of benzene rings is 1. The molecule has 7 heteroatoms. The van der Waals surface area contributed by atoms with E-state index in [1.54, 1.807) is 38.5 Å². The van der Waals surface area contributed by atoms with Gasteiger partial charge in [0.25, 0.3) is 0 Å². The molecule has 128 valence electrons. The van der Waals surface area contributed by atoms with Crippen molar-refractivity contribution in [1.29, 1.82) is 0 Å². The molecule has 2 aromatic heterocycles. The molecule has 0 saturated heterocycles. The largest absolute Gasteiger partial charge is 0.493 e. The zero-order chi connectivity index (χ0) is 17.8. The van der Waals surface area contributed by atoms with Crippen LogP contribution in [0.1, 0.15) is 5.56 Å². The van der Waals surface area contributed by atoms with Gasteiger partial charge in [-0.1, -0.05) is 12.7 Å². The molecule has 0 bridgehead atoms. The number of nitrogens with one attached hydrogen (secondary N) is 2. The third-order valence-corrected chi connectivity index (χ3v) is 4.52. The molecule has 0 amide bonds. The van der Waals surface area contributed by atoms with Crippen LogP contribution in [0.15, 0.2) is 47.1 Å². The van der Waals surface area contributed by atoms with Crippen molar-refractivity contribution in [1.82, 2.24) is 9.97 Å². The Morgan fingerprint density at radius 1 is 1.20 bits per heavy atom. The minimum Gasteiger partial charge on any atom is -0.493 e. The highest BCUT2D eigenvalue weighted by Gasteiger charge is 2.10. The summed E-state index contributed by atoms with van der Waals surface area (Å²) in [4.78, 5) is 19.6. The topological polar surface area (TPSA) is 76.2 Å². The van der Waals surface area contributed by atoms with Crippen molar-refractivity contribution in [2.45, 2.75) is 0 Å². The Balaban J connectivity index is 1.96. The average molecular weight is 355 g/mol. The molecular formula is C18H17N3O3S. The monoisotopic (exact) mass is 355 g/mol. The predicted molar refractivity (Wildman–Crippen MR) is 101 cm³/mol. The first-order valence-electron chi connectivity index (χ1n) is 7.45. The number of rotatable bonds is 6. The smallest absolute Gasteiger partial charge is 0.347 e. The molecule has 0 radical (unpaired) electrons. The van der Waals surface area contributed by atoms with Crippen LogP contribution in [0.4, 0.5) is 11.5 Å². The maximum Gasteiger partial charge on any atom is 0.347 e. The van der Waals surface area contributed by atoms with Gasteiger partial charge < -0.3 is 19.8 Å². The molecule has 0 fully saturated rings. The molecule has 25 heavy (non-hydrogen) atoms. The molecule has 0 aliphatic carbocycles. The normalized spacial score (nSPS) is 10.3. The van der Waals surface area contributed by atoms with Crippen molar-refractivity contribution in [3.63, 3.8) is 0 Å². The number of methoxy groups -OCH3 is 2. The van der Waals surface area contributed by atoms with E-state index in [-0.39, 0.29) is 0 Å². The summed E-state index contributed by atoms with van der Waals surface area (Å²) in [5.74, 6) is 1.65. The second kappa shape index (κ2) is 7.23. The molecular weight excluding hydrogens is 338 g/mol. The van der Waals surface area contributed by atoms with Gasteiger partial charge in [-0.05, 0) is 29.1 Å². The van der Waals surface area contributed by atoms with Crippen molar-refractivity contribution in [2.24, 2.45) is 0 Å². The van der Waals surface area contributed by atoms with Gasteiger partial charge in [-0.2, -0.15) is 4.98 Å². The lowest BCUT2D eigenvalue weighted by molar-refractivity contribution is 0.355. The average Bonchev–Trinajstić information content (AvgIpc) is 3.10. The fraction of sp³-hybridized carbons (Fsp3) is 0.111. The quantitative estimate of drug-likeness (QED) is 0.701. The number of hydrogen-bond donors (Lipinski definition) is 2. The molecule has 0 atom stereocenters. The summed E-state index contributed by atoms with van der Waals surface area (Å²) < 4.78 is 10.5. The lowest BCUT2D eigenvalue weighted by Crippen LogP contribution is -2.13. The number of anilines is 2. The highest BCUT2D eigenvalue weighted by Crippen LogP contribution is 2.32. The van der Waals surface area contributed by atoms with Crippen LogP contribution in [-0.2, 0) is 0 Å². The molecule has 0 saturated carbocycles. The van der Waals surface area contributed by atoms with Gasteiger partial charge in [0.05, 0.1) is 24.8 Å². The van der Waals surface area contributed by atoms with Gasteiger partial charge in [-0.3, -0.25) is 0 Å². The third-order valence-electron chi connectivity index (χ3n) is 3.56. The van der Waals surface area contributed by atoms with Crippen LogP contribution in [0.2, 0.25) is 0 Å². The standard InChI is InChI=1S/C18H17N3O3S/c1-4-11-7-8-25-17(11)13-10-16(21-18(22)20-13)19-12-5-6-14(23-2)15(9-12)24-3/h4-10H,1H2,2-3H3,(H2,19,20,21,22). The maximum atomic E-state index is 11.9. The van der Waals surface area contributed by atoms with E-state index < -0.39 is 5.69 Å². The molecule has 0 aliphatic rings. The highest BCUT2D eigenvalue weighted by molar-refractivity contribution is 7.13. The first-order valence-corrected chi connectivity index (χ1v) is 8.33. The molecule has 1 aromatic carbocycles. The molecule has 0 unspecified atom stereocenters. The van der Waals surface area contributed by atoms with E-state index in [1.807, 2.05) is 17.5 Å². The predicted octanol–water partition coefficient (Wildman–Crippen LogP) is 3.90.